The van der Waals surface area contributed by atoms with Crippen LogP contribution in [0, 0.1) is 5.92 Å². The first-order valence-electron chi connectivity index (χ1n) is 7.08. The Hall–Kier alpha value is -1.07. The lowest BCUT2D eigenvalue weighted by Crippen LogP contribution is -2.38. The maximum Gasteiger partial charge on any atom is 0.216 e. The molecule has 0 bridgehead atoms. The lowest BCUT2D eigenvalue weighted by Gasteiger charge is -2.34. The Bertz CT molecular complexity index is 470. The smallest absolute Gasteiger partial charge is 0.216 e. The quantitative estimate of drug-likeness (QED) is 0.884. The topological polar surface area (TPSA) is 58.4 Å². The van der Waals surface area contributed by atoms with E-state index in [1.807, 2.05) is 0 Å². The third-order valence-electron chi connectivity index (χ3n) is 3.86. The number of nitrogens with zero attached hydrogens (tertiary/aromatic N) is 1. The Kier molecular flexibility index (Phi) is 5.43. The van der Waals surface area contributed by atoms with Crippen LogP contribution in [-0.4, -0.2) is 25.5 Å². The molecule has 1 amide bonds. The van der Waals surface area contributed by atoms with Crippen LogP contribution in [0.15, 0.2) is 22.7 Å². The standard InChI is InChI=1S/C15H22BrN3O/c1-11(20)18-10-12-4-6-19(7-5-12)15-3-2-14(16)8-13(15)9-17/h2-3,8,12H,4-7,9-10,17H2,1H3,(H,18,20). The Morgan fingerprint density at radius 1 is 1.45 bits per heavy atom. The second kappa shape index (κ2) is 7.09. The maximum atomic E-state index is 10.9. The molecule has 4 nitrogen and oxygen atoms in total. The highest BCUT2D eigenvalue weighted by Crippen LogP contribution is 2.28. The van der Waals surface area contributed by atoms with Crippen LogP contribution in [0.3, 0.4) is 0 Å². The molecule has 20 heavy (non-hydrogen) atoms. The molecule has 1 fully saturated rings. The molecule has 0 atom stereocenters. The summed E-state index contributed by atoms with van der Waals surface area (Å²) < 4.78 is 1.07. The van der Waals surface area contributed by atoms with E-state index in [9.17, 15) is 4.79 Å². The van der Waals surface area contributed by atoms with Crippen LogP contribution in [0.2, 0.25) is 0 Å². The van der Waals surface area contributed by atoms with Crippen LogP contribution in [0.5, 0.6) is 0 Å². The summed E-state index contributed by atoms with van der Waals surface area (Å²) in [6, 6.07) is 6.30. The van der Waals surface area contributed by atoms with Crippen molar-refractivity contribution in [3.05, 3.63) is 28.2 Å². The number of carbonyl (C=O) groups excluding carboxylic acids is 1. The molecule has 1 heterocycles. The normalized spacial score (nSPS) is 16.2. The van der Waals surface area contributed by atoms with Gasteiger partial charge in [0.25, 0.3) is 0 Å². The van der Waals surface area contributed by atoms with Gasteiger partial charge in [0.2, 0.25) is 5.91 Å². The van der Waals surface area contributed by atoms with Gasteiger partial charge in [-0.15, -0.1) is 0 Å². The zero-order valence-corrected chi connectivity index (χ0v) is 13.4. The molecule has 5 heteroatoms. The molecule has 1 aliphatic heterocycles. The van der Waals surface area contributed by atoms with Crippen molar-refractivity contribution in [2.45, 2.75) is 26.3 Å². The average molecular weight is 340 g/mol. The second-order valence-electron chi connectivity index (χ2n) is 5.34. The number of rotatable bonds is 4. The summed E-state index contributed by atoms with van der Waals surface area (Å²) in [5.74, 6) is 0.651. The summed E-state index contributed by atoms with van der Waals surface area (Å²) in [5.41, 5.74) is 8.26. The number of nitrogens with two attached hydrogens (primary N) is 1. The van der Waals surface area contributed by atoms with Crippen molar-refractivity contribution < 1.29 is 4.79 Å². The number of amides is 1. The van der Waals surface area contributed by atoms with E-state index >= 15 is 0 Å². The Morgan fingerprint density at radius 3 is 2.75 bits per heavy atom. The highest BCUT2D eigenvalue weighted by atomic mass is 79.9. The van der Waals surface area contributed by atoms with Gasteiger partial charge in [0.05, 0.1) is 0 Å². The van der Waals surface area contributed by atoms with E-state index in [1.54, 1.807) is 6.92 Å². The van der Waals surface area contributed by atoms with Crippen LogP contribution in [0.4, 0.5) is 5.69 Å². The van der Waals surface area contributed by atoms with Crippen LogP contribution < -0.4 is 16.0 Å². The van der Waals surface area contributed by atoms with Crippen molar-refractivity contribution in [3.63, 3.8) is 0 Å². The van der Waals surface area contributed by atoms with E-state index in [-0.39, 0.29) is 5.91 Å². The van der Waals surface area contributed by atoms with Crippen LogP contribution in [0.25, 0.3) is 0 Å². The van der Waals surface area contributed by atoms with Gasteiger partial charge in [-0.3, -0.25) is 4.79 Å². The zero-order valence-electron chi connectivity index (χ0n) is 11.9. The van der Waals surface area contributed by atoms with E-state index in [2.05, 4.69) is 44.3 Å². The molecule has 0 spiro atoms. The van der Waals surface area contributed by atoms with Gasteiger partial charge in [-0.05, 0) is 42.5 Å². The fourth-order valence-corrected chi connectivity index (χ4v) is 3.10. The summed E-state index contributed by atoms with van der Waals surface area (Å²) in [4.78, 5) is 13.3. The maximum absolute atomic E-state index is 10.9. The fraction of sp³-hybridized carbons (Fsp3) is 0.533. The number of piperidine rings is 1. The lowest BCUT2D eigenvalue weighted by molar-refractivity contribution is -0.119. The lowest BCUT2D eigenvalue weighted by atomic mass is 9.96. The minimum atomic E-state index is 0.0609. The molecule has 2 rings (SSSR count). The number of hydrogen-bond donors (Lipinski definition) is 2. The van der Waals surface area contributed by atoms with Gasteiger partial charge in [0, 0.05) is 43.3 Å². The Labute approximate surface area is 128 Å². The minimum absolute atomic E-state index is 0.0609. The predicted octanol–water partition coefficient (Wildman–Crippen LogP) is 2.26. The molecule has 0 saturated carbocycles. The van der Waals surface area contributed by atoms with E-state index in [4.69, 9.17) is 5.73 Å². The summed E-state index contributed by atoms with van der Waals surface area (Å²) >= 11 is 3.49. The number of anilines is 1. The van der Waals surface area contributed by atoms with E-state index in [0.717, 1.165) is 36.9 Å². The number of hydrogen-bond acceptors (Lipinski definition) is 3. The van der Waals surface area contributed by atoms with E-state index in [1.165, 1.54) is 11.3 Å². The monoisotopic (exact) mass is 339 g/mol. The van der Waals surface area contributed by atoms with Gasteiger partial charge in [-0.1, -0.05) is 15.9 Å². The molecule has 0 radical (unpaired) electrons. The summed E-state index contributed by atoms with van der Waals surface area (Å²) in [7, 11) is 0. The molecule has 1 aromatic carbocycles. The third-order valence-corrected chi connectivity index (χ3v) is 4.35. The summed E-state index contributed by atoms with van der Waals surface area (Å²) in [6.45, 7) is 4.98. The van der Waals surface area contributed by atoms with Gasteiger partial charge in [0.15, 0.2) is 0 Å². The van der Waals surface area contributed by atoms with Crippen molar-refractivity contribution in [2.24, 2.45) is 11.7 Å². The van der Waals surface area contributed by atoms with E-state index < -0.39 is 0 Å². The second-order valence-corrected chi connectivity index (χ2v) is 6.26. The molecule has 3 N–H and O–H groups in total. The summed E-state index contributed by atoms with van der Waals surface area (Å²) in [6.07, 6.45) is 2.22. The molecule has 0 aromatic heterocycles. The van der Waals surface area contributed by atoms with Gasteiger partial charge >= 0.3 is 0 Å². The molecular formula is C15H22BrN3O. The Balaban J connectivity index is 1.95. The van der Waals surface area contributed by atoms with Crippen LogP contribution in [-0.2, 0) is 11.3 Å². The first-order valence-corrected chi connectivity index (χ1v) is 7.87. The van der Waals surface area contributed by atoms with E-state index in [0.29, 0.717) is 12.5 Å². The number of carbonyl (C=O) groups is 1. The largest absolute Gasteiger partial charge is 0.371 e. The Morgan fingerprint density at radius 2 is 2.15 bits per heavy atom. The first-order chi connectivity index (χ1) is 9.60. The number of nitrogens with one attached hydrogen (secondary N) is 1. The van der Waals surface area contributed by atoms with Gasteiger partial charge < -0.3 is 16.0 Å². The minimum Gasteiger partial charge on any atom is -0.371 e. The fourth-order valence-electron chi connectivity index (χ4n) is 2.69. The van der Waals surface area contributed by atoms with Gasteiger partial charge in [-0.25, -0.2) is 0 Å². The van der Waals surface area contributed by atoms with Gasteiger partial charge in [-0.2, -0.15) is 0 Å². The van der Waals surface area contributed by atoms with Crippen molar-refractivity contribution in [1.29, 1.82) is 0 Å². The molecule has 1 aromatic rings. The summed E-state index contributed by atoms with van der Waals surface area (Å²) in [5, 5.41) is 2.92. The molecular weight excluding hydrogens is 318 g/mol. The third kappa shape index (κ3) is 3.96. The molecule has 1 aliphatic rings. The first kappa shape index (κ1) is 15.3. The zero-order chi connectivity index (χ0) is 14.5. The van der Waals surface area contributed by atoms with Crippen molar-refractivity contribution in [3.8, 4) is 0 Å². The highest BCUT2D eigenvalue weighted by Gasteiger charge is 2.20. The SMILES string of the molecule is CC(=O)NCC1CCN(c2ccc(Br)cc2CN)CC1. The van der Waals surface area contributed by atoms with Crippen LogP contribution in [0.1, 0.15) is 25.3 Å². The number of benzene rings is 1. The average Bonchev–Trinajstić information content (AvgIpc) is 2.45. The van der Waals surface area contributed by atoms with Crippen LogP contribution >= 0.6 is 15.9 Å². The van der Waals surface area contributed by atoms with Crippen molar-refractivity contribution in [2.75, 3.05) is 24.5 Å². The predicted molar refractivity (Wildman–Crippen MR) is 85.7 cm³/mol. The van der Waals surface area contributed by atoms with Gasteiger partial charge in [0.1, 0.15) is 0 Å². The van der Waals surface area contributed by atoms with Crippen molar-refractivity contribution >= 4 is 27.5 Å². The molecule has 0 unspecified atom stereocenters. The molecule has 1 saturated heterocycles. The highest BCUT2D eigenvalue weighted by molar-refractivity contribution is 9.10. The van der Waals surface area contributed by atoms with Crippen molar-refractivity contribution in [1.82, 2.24) is 5.32 Å². The molecule has 0 aliphatic carbocycles. The molecule has 110 valence electrons. The number of halogens is 1.